The fraction of sp³-hybridized carbons (Fsp3) is 0.0789. The van der Waals surface area contributed by atoms with E-state index in [2.05, 4.69) is 293 Å². The van der Waals surface area contributed by atoms with E-state index in [4.69, 9.17) is 0 Å². The van der Waals surface area contributed by atoms with Crippen molar-refractivity contribution in [2.24, 2.45) is 0 Å². The quantitative estimate of drug-likeness (QED) is 0.144. The monoisotopic (exact) mass is 981 g/mol. The van der Waals surface area contributed by atoms with Crippen LogP contribution in [-0.2, 0) is 10.8 Å². The SMILES string of the molecule is CC1(C)c2ccccc2-c2ccc(N(c3ccc4c(c3)C(C)(C)c3ccccc3-4)c3ccc4c(c3)c3ccccc3c3c(-c5ccccc5)cc(-c5ccc(-c6cccc7ccccc67)cc5)c(-c5ccccc5)c43)cc21. The molecule has 15 rings (SSSR count). The van der Waals surface area contributed by atoms with Gasteiger partial charge in [0, 0.05) is 27.9 Å². The Morgan fingerprint density at radius 2 is 0.688 bits per heavy atom. The first-order valence-electron chi connectivity index (χ1n) is 27.2. The van der Waals surface area contributed by atoms with Crippen molar-refractivity contribution in [3.63, 3.8) is 0 Å². The van der Waals surface area contributed by atoms with Crippen LogP contribution in [0.3, 0.4) is 0 Å². The van der Waals surface area contributed by atoms with E-state index in [0.29, 0.717) is 0 Å². The van der Waals surface area contributed by atoms with Crippen molar-refractivity contribution in [3.05, 3.63) is 283 Å². The third kappa shape index (κ3) is 6.86. The fourth-order valence-electron chi connectivity index (χ4n) is 13.7. The highest BCUT2D eigenvalue weighted by Crippen LogP contribution is 2.55. The minimum atomic E-state index is -0.161. The highest BCUT2D eigenvalue weighted by Gasteiger charge is 2.38. The van der Waals surface area contributed by atoms with Crippen LogP contribution in [0.1, 0.15) is 49.9 Å². The van der Waals surface area contributed by atoms with Gasteiger partial charge in [-0.15, -0.1) is 0 Å². The summed E-state index contributed by atoms with van der Waals surface area (Å²) in [5.74, 6) is 0. The van der Waals surface area contributed by atoms with Gasteiger partial charge in [-0.25, -0.2) is 0 Å². The van der Waals surface area contributed by atoms with Gasteiger partial charge < -0.3 is 4.90 Å². The molecule has 0 amide bonds. The van der Waals surface area contributed by atoms with Gasteiger partial charge in [0.25, 0.3) is 0 Å². The molecule has 0 N–H and O–H groups in total. The summed E-state index contributed by atoms with van der Waals surface area (Å²) in [4.78, 5) is 2.53. The average molecular weight is 982 g/mol. The molecule has 0 saturated heterocycles. The van der Waals surface area contributed by atoms with Gasteiger partial charge in [0.15, 0.2) is 0 Å². The number of rotatable bonds is 7. The summed E-state index contributed by atoms with van der Waals surface area (Å²) in [5, 5.41) is 9.94. The van der Waals surface area contributed by atoms with Crippen LogP contribution in [0.5, 0.6) is 0 Å². The van der Waals surface area contributed by atoms with Crippen LogP contribution in [0.25, 0.3) is 110 Å². The minimum absolute atomic E-state index is 0.161. The van der Waals surface area contributed by atoms with Crippen LogP contribution in [-0.4, -0.2) is 0 Å². The van der Waals surface area contributed by atoms with Gasteiger partial charge in [-0.05, 0) is 175 Å². The molecule has 0 saturated carbocycles. The lowest BCUT2D eigenvalue weighted by Gasteiger charge is -2.30. The summed E-state index contributed by atoms with van der Waals surface area (Å²) in [5.41, 5.74) is 23.5. The second-order valence-corrected chi connectivity index (χ2v) is 22.3. The first kappa shape index (κ1) is 45.1. The molecule has 77 heavy (non-hydrogen) atoms. The summed E-state index contributed by atoms with van der Waals surface area (Å²) in [6, 6.07) is 98.0. The van der Waals surface area contributed by atoms with Gasteiger partial charge in [-0.2, -0.15) is 0 Å². The van der Waals surface area contributed by atoms with E-state index < -0.39 is 0 Å². The maximum Gasteiger partial charge on any atom is 0.0468 e. The van der Waals surface area contributed by atoms with Crippen LogP contribution in [0.2, 0.25) is 0 Å². The van der Waals surface area contributed by atoms with Crippen molar-refractivity contribution < 1.29 is 0 Å². The Morgan fingerprint density at radius 3 is 1.32 bits per heavy atom. The molecule has 0 radical (unpaired) electrons. The predicted octanol–water partition coefficient (Wildman–Crippen LogP) is 21.0. The second kappa shape index (κ2) is 17.1. The van der Waals surface area contributed by atoms with E-state index in [1.54, 1.807) is 0 Å². The molecule has 0 bridgehead atoms. The lowest BCUT2D eigenvalue weighted by atomic mass is 9.81. The summed E-state index contributed by atoms with van der Waals surface area (Å²) in [6.07, 6.45) is 0. The van der Waals surface area contributed by atoms with Crippen molar-refractivity contribution in [1.82, 2.24) is 0 Å². The maximum atomic E-state index is 2.53. The van der Waals surface area contributed by atoms with E-state index in [1.165, 1.54) is 132 Å². The van der Waals surface area contributed by atoms with Gasteiger partial charge in [0.1, 0.15) is 0 Å². The van der Waals surface area contributed by atoms with Crippen LogP contribution >= 0.6 is 0 Å². The van der Waals surface area contributed by atoms with Crippen LogP contribution in [0, 0.1) is 0 Å². The highest BCUT2D eigenvalue weighted by molar-refractivity contribution is 6.33. The molecule has 13 aromatic carbocycles. The van der Waals surface area contributed by atoms with Crippen LogP contribution in [0.4, 0.5) is 17.1 Å². The van der Waals surface area contributed by atoms with Crippen molar-refractivity contribution in [2.45, 2.75) is 38.5 Å². The standard InChI is InChI=1S/C76H55N/c1-75(2)68-32-17-15-28-59(68)61-41-38-54(45-70(61)75)77(55-39-42-62-60-29-16-18-33-69(60)76(3,4)71(62)46-55)53-40-43-64-67(44-53)58-27-13-14-30-63(58)73-66(49-20-7-5-8-21-49)47-65(72(74(64)73)52-23-9-6-10-24-52)51-36-34-50(35-37-51)57-31-19-25-48-22-11-12-26-56(48)57/h5-47H,1-4H3. The summed E-state index contributed by atoms with van der Waals surface area (Å²) >= 11 is 0. The number of hydrogen-bond donors (Lipinski definition) is 0. The molecule has 364 valence electrons. The Balaban J connectivity index is 1.01. The second-order valence-electron chi connectivity index (χ2n) is 22.3. The molecule has 2 aliphatic rings. The van der Waals surface area contributed by atoms with Gasteiger partial charge in [-0.1, -0.05) is 246 Å². The third-order valence-electron chi connectivity index (χ3n) is 17.4. The largest absolute Gasteiger partial charge is 0.310 e. The Hall–Kier alpha value is -9.30. The van der Waals surface area contributed by atoms with E-state index in [1.807, 2.05) is 0 Å². The van der Waals surface area contributed by atoms with Gasteiger partial charge in [0.2, 0.25) is 0 Å². The molecule has 0 spiro atoms. The number of anilines is 3. The van der Waals surface area contributed by atoms with Gasteiger partial charge in [-0.3, -0.25) is 0 Å². The normalized spacial score (nSPS) is 13.7. The molecule has 13 aromatic rings. The first-order valence-corrected chi connectivity index (χ1v) is 27.2. The molecule has 0 aromatic heterocycles. The number of fused-ring (bicyclic) bond motifs is 13. The molecule has 0 aliphatic heterocycles. The molecule has 0 unspecified atom stereocenters. The van der Waals surface area contributed by atoms with Crippen molar-refractivity contribution in [2.75, 3.05) is 4.90 Å². The van der Waals surface area contributed by atoms with Gasteiger partial charge in [0.05, 0.1) is 0 Å². The molecule has 1 nitrogen and oxygen atoms in total. The minimum Gasteiger partial charge on any atom is -0.310 e. The molecule has 2 aliphatic carbocycles. The Morgan fingerprint density at radius 1 is 0.247 bits per heavy atom. The molecular formula is C76H55N. The van der Waals surface area contributed by atoms with Crippen molar-refractivity contribution in [3.8, 4) is 66.8 Å². The van der Waals surface area contributed by atoms with Crippen LogP contribution < -0.4 is 4.90 Å². The average Bonchev–Trinajstić information content (AvgIpc) is 4.04. The third-order valence-corrected chi connectivity index (χ3v) is 17.4. The summed E-state index contributed by atoms with van der Waals surface area (Å²) in [7, 11) is 0. The summed E-state index contributed by atoms with van der Waals surface area (Å²) < 4.78 is 0. The summed E-state index contributed by atoms with van der Waals surface area (Å²) in [6.45, 7) is 9.54. The number of benzene rings is 13. The zero-order valence-corrected chi connectivity index (χ0v) is 43.8. The molecular weight excluding hydrogens is 927 g/mol. The Labute approximate surface area is 451 Å². The number of hydrogen-bond acceptors (Lipinski definition) is 1. The lowest BCUT2D eigenvalue weighted by molar-refractivity contribution is 0.660. The zero-order chi connectivity index (χ0) is 51.6. The first-order chi connectivity index (χ1) is 37.7. The topological polar surface area (TPSA) is 3.24 Å². The molecule has 0 fully saturated rings. The molecule has 0 heterocycles. The Kier molecular flexibility index (Phi) is 10.0. The highest BCUT2D eigenvalue weighted by atomic mass is 15.1. The van der Waals surface area contributed by atoms with Crippen molar-refractivity contribution in [1.29, 1.82) is 0 Å². The zero-order valence-electron chi connectivity index (χ0n) is 43.8. The predicted molar refractivity (Wildman–Crippen MR) is 328 cm³/mol. The smallest absolute Gasteiger partial charge is 0.0468 e. The van der Waals surface area contributed by atoms with E-state index in [-0.39, 0.29) is 10.8 Å². The van der Waals surface area contributed by atoms with E-state index in [9.17, 15) is 0 Å². The Bertz CT molecular complexity index is 4430. The maximum absolute atomic E-state index is 2.53. The van der Waals surface area contributed by atoms with Crippen LogP contribution in [0.15, 0.2) is 261 Å². The van der Waals surface area contributed by atoms with Gasteiger partial charge >= 0.3 is 0 Å². The molecule has 0 atom stereocenters. The number of nitrogens with zero attached hydrogens (tertiary/aromatic N) is 1. The lowest BCUT2D eigenvalue weighted by Crippen LogP contribution is -2.18. The van der Waals surface area contributed by atoms with E-state index in [0.717, 1.165) is 17.1 Å². The van der Waals surface area contributed by atoms with E-state index >= 15 is 0 Å². The fourth-order valence-corrected chi connectivity index (χ4v) is 13.7. The van der Waals surface area contributed by atoms with Crippen molar-refractivity contribution >= 4 is 60.2 Å². The molecule has 1 heteroatoms.